The van der Waals surface area contributed by atoms with Crippen molar-refractivity contribution < 1.29 is 4.79 Å². The molecule has 1 N–H and O–H groups in total. The summed E-state index contributed by atoms with van der Waals surface area (Å²) in [7, 11) is 0. The lowest BCUT2D eigenvalue weighted by molar-refractivity contribution is 0.0720. The van der Waals surface area contributed by atoms with Gasteiger partial charge in [-0.3, -0.25) is 19.3 Å². The van der Waals surface area contributed by atoms with Crippen molar-refractivity contribution in [3.05, 3.63) is 70.9 Å². The van der Waals surface area contributed by atoms with Crippen LogP contribution in [-0.2, 0) is 6.54 Å². The zero-order valence-electron chi connectivity index (χ0n) is 14.2. The lowest BCUT2D eigenvalue weighted by Gasteiger charge is -2.24. The van der Waals surface area contributed by atoms with Crippen LogP contribution in [0.1, 0.15) is 23.2 Å². The molecule has 0 radical (unpaired) electrons. The summed E-state index contributed by atoms with van der Waals surface area (Å²) in [6.45, 7) is 1.30. The number of likely N-dealkylation sites (tertiary alicyclic amines) is 1. The van der Waals surface area contributed by atoms with Gasteiger partial charge in [-0.25, -0.2) is 0 Å². The fourth-order valence-corrected chi connectivity index (χ4v) is 3.39. The van der Waals surface area contributed by atoms with Gasteiger partial charge in [-0.1, -0.05) is 6.07 Å². The summed E-state index contributed by atoms with van der Waals surface area (Å²) < 4.78 is 1.82. The molecule has 0 spiro atoms. The van der Waals surface area contributed by atoms with Crippen LogP contribution in [0, 0.1) is 0 Å². The van der Waals surface area contributed by atoms with E-state index in [0.29, 0.717) is 24.5 Å². The van der Waals surface area contributed by atoms with Crippen molar-refractivity contribution in [1.29, 1.82) is 0 Å². The molecule has 3 aromatic rings. The first-order valence-corrected chi connectivity index (χ1v) is 8.65. The maximum Gasteiger partial charge on any atom is 0.261 e. The van der Waals surface area contributed by atoms with E-state index in [0.717, 1.165) is 12.8 Å². The third-order valence-corrected chi connectivity index (χ3v) is 4.68. The Morgan fingerprint density at radius 2 is 2.12 bits per heavy atom. The predicted octanol–water partition coefficient (Wildman–Crippen LogP) is 1.94. The average Bonchev–Trinajstić information content (AvgIpc) is 3.34. The summed E-state index contributed by atoms with van der Waals surface area (Å²) in [5, 5.41) is 4.21. The van der Waals surface area contributed by atoms with Gasteiger partial charge in [0.25, 0.3) is 11.5 Å². The van der Waals surface area contributed by atoms with Crippen LogP contribution in [0.15, 0.2) is 59.8 Å². The quantitative estimate of drug-likeness (QED) is 0.780. The molecular weight excluding hydrogens is 330 g/mol. The van der Waals surface area contributed by atoms with Crippen LogP contribution in [0.25, 0.3) is 11.4 Å². The molecular formula is C19H19N5O2. The number of H-pyrrole nitrogens is 1. The third-order valence-electron chi connectivity index (χ3n) is 4.68. The molecule has 1 unspecified atom stereocenters. The maximum absolute atomic E-state index is 12.9. The molecule has 1 amide bonds. The van der Waals surface area contributed by atoms with Crippen LogP contribution in [0.2, 0.25) is 0 Å². The van der Waals surface area contributed by atoms with Gasteiger partial charge in [0.2, 0.25) is 0 Å². The number of nitrogens with one attached hydrogen (secondary N) is 1. The SMILES string of the molecule is O=C(c1ccc(-c2ccccn2)[nH]c1=O)N1CCCC1Cn1cccn1. The Hall–Kier alpha value is -3.22. The number of nitrogens with zero attached hydrogens (tertiary/aromatic N) is 4. The average molecular weight is 349 g/mol. The van der Waals surface area contributed by atoms with Crippen LogP contribution in [0.5, 0.6) is 0 Å². The van der Waals surface area contributed by atoms with Gasteiger partial charge in [0, 0.05) is 25.1 Å². The zero-order valence-corrected chi connectivity index (χ0v) is 14.2. The van der Waals surface area contributed by atoms with Gasteiger partial charge >= 0.3 is 0 Å². The van der Waals surface area contributed by atoms with Gasteiger partial charge in [0.15, 0.2) is 0 Å². The molecule has 1 aliphatic rings. The van der Waals surface area contributed by atoms with Gasteiger partial charge in [0.05, 0.1) is 24.0 Å². The summed E-state index contributed by atoms with van der Waals surface area (Å²) in [6, 6.07) is 10.7. The van der Waals surface area contributed by atoms with E-state index < -0.39 is 0 Å². The van der Waals surface area contributed by atoms with Crippen molar-refractivity contribution in [3.8, 4) is 11.4 Å². The number of carbonyl (C=O) groups is 1. The molecule has 7 nitrogen and oxygen atoms in total. The number of hydrogen-bond acceptors (Lipinski definition) is 4. The van der Waals surface area contributed by atoms with Crippen LogP contribution in [0.4, 0.5) is 0 Å². The van der Waals surface area contributed by atoms with Crippen LogP contribution in [0.3, 0.4) is 0 Å². The van der Waals surface area contributed by atoms with Crippen molar-refractivity contribution in [2.24, 2.45) is 0 Å². The number of rotatable bonds is 4. The highest BCUT2D eigenvalue weighted by Gasteiger charge is 2.31. The Labute approximate surface area is 150 Å². The number of aromatic nitrogens is 4. The Balaban J connectivity index is 1.57. The number of amides is 1. The van der Waals surface area contributed by atoms with Gasteiger partial charge in [-0.05, 0) is 43.2 Å². The lowest BCUT2D eigenvalue weighted by Crippen LogP contribution is -2.40. The second kappa shape index (κ2) is 6.95. The van der Waals surface area contributed by atoms with E-state index in [1.807, 2.05) is 35.1 Å². The first-order valence-electron chi connectivity index (χ1n) is 8.65. The van der Waals surface area contributed by atoms with Crippen LogP contribution >= 0.6 is 0 Å². The smallest absolute Gasteiger partial charge is 0.261 e. The minimum absolute atomic E-state index is 0.0530. The zero-order chi connectivity index (χ0) is 17.9. The fraction of sp³-hybridized carbons (Fsp3) is 0.263. The summed E-state index contributed by atoms with van der Waals surface area (Å²) in [5.41, 5.74) is 1.04. The third kappa shape index (κ3) is 3.15. The van der Waals surface area contributed by atoms with Gasteiger partial charge in [-0.15, -0.1) is 0 Å². The minimum Gasteiger partial charge on any atom is -0.334 e. The Morgan fingerprint density at radius 1 is 1.19 bits per heavy atom. The standard InChI is InChI=1S/C19H19N5O2/c25-18-15(7-8-17(22-18)16-6-1-2-9-20-16)19(26)24-12-3-5-14(24)13-23-11-4-10-21-23/h1-2,4,6-11,14H,3,5,12-13H2,(H,22,25). The molecule has 0 bridgehead atoms. The Kier molecular flexibility index (Phi) is 4.35. The van der Waals surface area contributed by atoms with E-state index in [2.05, 4.69) is 15.1 Å². The molecule has 1 fully saturated rings. The summed E-state index contributed by atoms with van der Waals surface area (Å²) in [6.07, 6.45) is 7.12. The first-order chi connectivity index (χ1) is 12.7. The molecule has 7 heteroatoms. The lowest BCUT2D eigenvalue weighted by atomic mass is 10.1. The topological polar surface area (TPSA) is 83.9 Å². The molecule has 1 saturated heterocycles. The second-order valence-electron chi connectivity index (χ2n) is 6.35. The number of aromatic amines is 1. The Morgan fingerprint density at radius 3 is 2.85 bits per heavy atom. The van der Waals surface area contributed by atoms with Crippen molar-refractivity contribution >= 4 is 5.91 Å². The second-order valence-corrected chi connectivity index (χ2v) is 6.35. The summed E-state index contributed by atoms with van der Waals surface area (Å²) in [5.74, 6) is -0.228. The highest BCUT2D eigenvalue weighted by Crippen LogP contribution is 2.21. The number of carbonyl (C=O) groups excluding carboxylic acids is 1. The summed E-state index contributed by atoms with van der Waals surface area (Å²) in [4.78, 5) is 34.2. The van der Waals surface area contributed by atoms with Crippen molar-refractivity contribution in [2.45, 2.75) is 25.4 Å². The highest BCUT2D eigenvalue weighted by molar-refractivity contribution is 5.94. The van der Waals surface area contributed by atoms with E-state index in [1.54, 1.807) is 29.4 Å². The van der Waals surface area contributed by atoms with Crippen molar-refractivity contribution in [3.63, 3.8) is 0 Å². The molecule has 26 heavy (non-hydrogen) atoms. The molecule has 3 aromatic heterocycles. The fourth-order valence-electron chi connectivity index (χ4n) is 3.39. The van der Waals surface area contributed by atoms with Gasteiger partial charge < -0.3 is 9.88 Å². The monoisotopic (exact) mass is 349 g/mol. The molecule has 132 valence electrons. The largest absolute Gasteiger partial charge is 0.334 e. The van der Waals surface area contributed by atoms with E-state index in [1.165, 1.54) is 0 Å². The first kappa shape index (κ1) is 16.3. The van der Waals surface area contributed by atoms with E-state index in [9.17, 15) is 9.59 Å². The Bertz CT molecular complexity index is 950. The predicted molar refractivity (Wildman–Crippen MR) is 96.6 cm³/mol. The molecule has 4 rings (SSSR count). The molecule has 1 aliphatic heterocycles. The summed E-state index contributed by atoms with van der Waals surface area (Å²) >= 11 is 0. The van der Waals surface area contributed by atoms with E-state index in [4.69, 9.17) is 0 Å². The van der Waals surface area contributed by atoms with Crippen LogP contribution in [-0.4, -0.2) is 43.1 Å². The number of hydrogen-bond donors (Lipinski definition) is 1. The van der Waals surface area contributed by atoms with Crippen LogP contribution < -0.4 is 5.56 Å². The molecule has 1 atom stereocenters. The molecule has 0 aliphatic carbocycles. The normalized spacial score (nSPS) is 16.8. The molecule has 0 aromatic carbocycles. The highest BCUT2D eigenvalue weighted by atomic mass is 16.2. The minimum atomic E-state index is -0.386. The van der Waals surface area contributed by atoms with Gasteiger partial charge in [0.1, 0.15) is 5.56 Å². The van der Waals surface area contributed by atoms with Crippen molar-refractivity contribution in [1.82, 2.24) is 24.6 Å². The van der Waals surface area contributed by atoms with Crippen molar-refractivity contribution in [2.75, 3.05) is 6.54 Å². The number of pyridine rings is 2. The molecule has 4 heterocycles. The molecule has 0 saturated carbocycles. The van der Waals surface area contributed by atoms with E-state index in [-0.39, 0.29) is 23.1 Å². The maximum atomic E-state index is 12.9. The van der Waals surface area contributed by atoms with Gasteiger partial charge in [-0.2, -0.15) is 5.10 Å². The van der Waals surface area contributed by atoms with E-state index >= 15 is 0 Å².